The molecule has 0 bridgehead atoms. The maximum absolute atomic E-state index is 12.3. The number of urea groups is 1. The number of anilines is 1. The predicted octanol–water partition coefficient (Wildman–Crippen LogP) is 1.48. The van der Waals surface area contributed by atoms with Gasteiger partial charge in [-0.25, -0.2) is 4.79 Å². The average Bonchev–Trinajstić information content (AvgIpc) is 2.63. The summed E-state index contributed by atoms with van der Waals surface area (Å²) in [5.74, 6) is 0. The number of piperazine rings is 1. The Kier molecular flexibility index (Phi) is 6.07. The standard InChI is InChI=1S/C18H28N4O2/c1-16-2-4-17(5-3-16)19-18(23)22-10-8-20(9-11-22)6-7-21-12-14-24-15-13-21/h2-5H,6-15H2,1H3,(H,19,23). The second-order valence-corrected chi connectivity index (χ2v) is 6.58. The predicted molar refractivity (Wildman–Crippen MR) is 95.5 cm³/mol. The van der Waals surface area contributed by atoms with Gasteiger partial charge in [0.1, 0.15) is 0 Å². The summed E-state index contributed by atoms with van der Waals surface area (Å²) in [6.07, 6.45) is 0. The lowest BCUT2D eigenvalue weighted by Crippen LogP contribution is -2.51. The monoisotopic (exact) mass is 332 g/mol. The maximum Gasteiger partial charge on any atom is 0.321 e. The molecule has 0 saturated carbocycles. The van der Waals surface area contributed by atoms with Crippen LogP contribution < -0.4 is 5.32 Å². The van der Waals surface area contributed by atoms with Crippen LogP contribution in [0.2, 0.25) is 0 Å². The third-order valence-corrected chi connectivity index (χ3v) is 4.80. The molecule has 0 unspecified atom stereocenters. The minimum Gasteiger partial charge on any atom is -0.379 e. The molecule has 0 radical (unpaired) electrons. The van der Waals surface area contributed by atoms with Crippen LogP contribution in [0, 0.1) is 6.92 Å². The van der Waals surface area contributed by atoms with E-state index in [-0.39, 0.29) is 6.03 Å². The maximum atomic E-state index is 12.3. The Morgan fingerprint density at radius 1 is 0.958 bits per heavy atom. The fourth-order valence-electron chi connectivity index (χ4n) is 3.12. The second kappa shape index (κ2) is 8.46. The van der Waals surface area contributed by atoms with Gasteiger partial charge in [0.15, 0.2) is 0 Å². The average molecular weight is 332 g/mol. The Labute approximate surface area is 144 Å². The quantitative estimate of drug-likeness (QED) is 0.907. The van der Waals surface area contributed by atoms with Gasteiger partial charge in [0.2, 0.25) is 0 Å². The Bertz CT molecular complexity index is 520. The highest BCUT2D eigenvalue weighted by atomic mass is 16.5. The van der Waals surface area contributed by atoms with Crippen LogP contribution in [0.5, 0.6) is 0 Å². The number of rotatable bonds is 4. The number of benzene rings is 1. The number of carbonyl (C=O) groups excluding carboxylic acids is 1. The zero-order valence-electron chi connectivity index (χ0n) is 14.5. The number of nitrogens with zero attached hydrogens (tertiary/aromatic N) is 3. The van der Waals surface area contributed by atoms with Gasteiger partial charge < -0.3 is 15.0 Å². The normalized spacial score (nSPS) is 20.1. The van der Waals surface area contributed by atoms with Crippen molar-refractivity contribution in [3.05, 3.63) is 29.8 Å². The first kappa shape index (κ1) is 17.2. The van der Waals surface area contributed by atoms with Crippen molar-refractivity contribution < 1.29 is 9.53 Å². The van der Waals surface area contributed by atoms with E-state index >= 15 is 0 Å². The van der Waals surface area contributed by atoms with Crippen LogP contribution >= 0.6 is 0 Å². The SMILES string of the molecule is Cc1ccc(NC(=O)N2CCN(CCN3CCOCC3)CC2)cc1. The molecule has 0 atom stereocenters. The van der Waals surface area contributed by atoms with Gasteiger partial charge >= 0.3 is 6.03 Å². The molecule has 0 aromatic heterocycles. The molecule has 2 saturated heterocycles. The van der Waals surface area contributed by atoms with Gasteiger partial charge in [-0.2, -0.15) is 0 Å². The molecule has 0 spiro atoms. The van der Waals surface area contributed by atoms with Crippen molar-refractivity contribution in [2.24, 2.45) is 0 Å². The first-order valence-electron chi connectivity index (χ1n) is 8.86. The van der Waals surface area contributed by atoms with Crippen LogP contribution in [-0.4, -0.2) is 86.3 Å². The zero-order valence-corrected chi connectivity index (χ0v) is 14.5. The van der Waals surface area contributed by atoms with Crippen molar-refractivity contribution in [2.75, 3.05) is 70.9 Å². The first-order valence-corrected chi connectivity index (χ1v) is 8.86. The van der Waals surface area contributed by atoms with E-state index in [0.717, 1.165) is 71.3 Å². The van der Waals surface area contributed by atoms with Crippen molar-refractivity contribution in [1.29, 1.82) is 0 Å². The van der Waals surface area contributed by atoms with Crippen molar-refractivity contribution in [2.45, 2.75) is 6.92 Å². The molecule has 3 rings (SSSR count). The minimum absolute atomic E-state index is 0.00619. The first-order chi connectivity index (χ1) is 11.7. The van der Waals surface area contributed by atoms with E-state index in [9.17, 15) is 4.79 Å². The summed E-state index contributed by atoms with van der Waals surface area (Å²) < 4.78 is 5.38. The number of hydrogen-bond acceptors (Lipinski definition) is 4. The Balaban J connectivity index is 1.38. The summed E-state index contributed by atoms with van der Waals surface area (Å²) in [6, 6.07) is 7.93. The Hall–Kier alpha value is -1.63. The van der Waals surface area contributed by atoms with Crippen molar-refractivity contribution >= 4 is 11.7 Å². The van der Waals surface area contributed by atoms with Gasteiger partial charge in [0.05, 0.1) is 13.2 Å². The van der Waals surface area contributed by atoms with Gasteiger partial charge in [-0.15, -0.1) is 0 Å². The summed E-state index contributed by atoms with van der Waals surface area (Å²) in [7, 11) is 0. The third-order valence-electron chi connectivity index (χ3n) is 4.80. The topological polar surface area (TPSA) is 48.1 Å². The molecule has 6 heteroatoms. The molecule has 1 N–H and O–H groups in total. The zero-order chi connectivity index (χ0) is 16.8. The van der Waals surface area contributed by atoms with E-state index in [1.165, 1.54) is 5.56 Å². The number of carbonyl (C=O) groups is 1. The van der Waals surface area contributed by atoms with Crippen LogP contribution in [0.1, 0.15) is 5.56 Å². The molecule has 0 aliphatic carbocycles. The van der Waals surface area contributed by atoms with Crippen LogP contribution in [0.15, 0.2) is 24.3 Å². The molecule has 132 valence electrons. The molecule has 24 heavy (non-hydrogen) atoms. The summed E-state index contributed by atoms with van der Waals surface area (Å²) in [6.45, 7) is 11.5. The van der Waals surface area contributed by atoms with Gasteiger partial charge in [0, 0.05) is 58.0 Å². The highest BCUT2D eigenvalue weighted by Gasteiger charge is 2.21. The highest BCUT2D eigenvalue weighted by molar-refractivity contribution is 5.89. The Morgan fingerprint density at radius 3 is 2.17 bits per heavy atom. The van der Waals surface area contributed by atoms with Crippen molar-refractivity contribution in [3.8, 4) is 0 Å². The molecule has 2 amide bonds. The van der Waals surface area contributed by atoms with Gasteiger partial charge in [-0.3, -0.25) is 9.80 Å². The molecule has 1 aromatic carbocycles. The van der Waals surface area contributed by atoms with Crippen molar-refractivity contribution in [1.82, 2.24) is 14.7 Å². The summed E-state index contributed by atoms with van der Waals surface area (Å²) >= 11 is 0. The molecule has 2 aliphatic heterocycles. The lowest BCUT2D eigenvalue weighted by molar-refractivity contribution is 0.0311. The molecule has 2 aliphatic rings. The number of nitrogens with one attached hydrogen (secondary N) is 1. The van der Waals surface area contributed by atoms with Gasteiger partial charge in [-0.05, 0) is 19.1 Å². The number of hydrogen-bond donors (Lipinski definition) is 1. The van der Waals surface area contributed by atoms with Crippen molar-refractivity contribution in [3.63, 3.8) is 0 Å². The van der Waals surface area contributed by atoms with E-state index < -0.39 is 0 Å². The molecule has 2 fully saturated rings. The lowest BCUT2D eigenvalue weighted by Gasteiger charge is -2.36. The van der Waals surface area contributed by atoms with Gasteiger partial charge in [0.25, 0.3) is 0 Å². The van der Waals surface area contributed by atoms with E-state index in [1.54, 1.807) is 0 Å². The Morgan fingerprint density at radius 2 is 1.54 bits per heavy atom. The third kappa shape index (κ3) is 4.93. The van der Waals surface area contributed by atoms with E-state index in [4.69, 9.17) is 4.74 Å². The summed E-state index contributed by atoms with van der Waals surface area (Å²) in [4.78, 5) is 19.2. The number of aryl methyl sites for hydroxylation is 1. The second-order valence-electron chi connectivity index (χ2n) is 6.58. The highest BCUT2D eigenvalue weighted by Crippen LogP contribution is 2.11. The molecular weight excluding hydrogens is 304 g/mol. The number of amides is 2. The van der Waals surface area contributed by atoms with E-state index in [1.807, 2.05) is 36.1 Å². The molecule has 6 nitrogen and oxygen atoms in total. The van der Waals surface area contributed by atoms with Crippen LogP contribution in [-0.2, 0) is 4.74 Å². The molecule has 1 aromatic rings. The summed E-state index contributed by atoms with van der Waals surface area (Å²) in [5, 5.41) is 2.98. The number of morpholine rings is 1. The van der Waals surface area contributed by atoms with Gasteiger partial charge in [-0.1, -0.05) is 17.7 Å². The fraction of sp³-hybridized carbons (Fsp3) is 0.611. The lowest BCUT2D eigenvalue weighted by atomic mass is 10.2. The largest absolute Gasteiger partial charge is 0.379 e. The van der Waals surface area contributed by atoms with Crippen LogP contribution in [0.4, 0.5) is 10.5 Å². The summed E-state index contributed by atoms with van der Waals surface area (Å²) in [5.41, 5.74) is 2.06. The molecule has 2 heterocycles. The fourth-order valence-corrected chi connectivity index (χ4v) is 3.12. The molecular formula is C18H28N4O2. The number of ether oxygens (including phenoxy) is 1. The van der Waals surface area contributed by atoms with Crippen LogP contribution in [0.3, 0.4) is 0 Å². The smallest absolute Gasteiger partial charge is 0.321 e. The minimum atomic E-state index is 0.00619. The van der Waals surface area contributed by atoms with E-state index in [0.29, 0.717) is 0 Å². The van der Waals surface area contributed by atoms with E-state index in [2.05, 4.69) is 15.1 Å². The van der Waals surface area contributed by atoms with Crippen LogP contribution in [0.25, 0.3) is 0 Å².